The van der Waals surface area contributed by atoms with Gasteiger partial charge in [0.2, 0.25) is 5.91 Å². The molecule has 1 heterocycles. The van der Waals surface area contributed by atoms with E-state index in [2.05, 4.69) is 15.5 Å². The van der Waals surface area contributed by atoms with Gasteiger partial charge in [0, 0.05) is 17.2 Å². The zero-order chi connectivity index (χ0) is 10.1. The first kappa shape index (κ1) is 9.24. The summed E-state index contributed by atoms with van der Waals surface area (Å²) in [6, 6.07) is 0. The molecule has 1 aromatic rings. The number of aryl methyl sites for hydroxylation is 1. The number of anilines is 1. The average Bonchev–Trinajstić information content (AvgIpc) is 2.33. The lowest BCUT2D eigenvalue weighted by atomic mass is 9.85. The van der Waals surface area contributed by atoms with Gasteiger partial charge in [0.05, 0.1) is 0 Å². The van der Waals surface area contributed by atoms with E-state index in [9.17, 15) is 4.79 Å². The molecule has 1 saturated carbocycles. The molecule has 1 fully saturated rings. The van der Waals surface area contributed by atoms with Crippen molar-refractivity contribution < 1.29 is 4.79 Å². The van der Waals surface area contributed by atoms with E-state index in [1.807, 2.05) is 13.8 Å². The summed E-state index contributed by atoms with van der Waals surface area (Å²) in [5.74, 6) is 1.01. The van der Waals surface area contributed by atoms with Crippen LogP contribution in [0.4, 0.5) is 5.82 Å². The lowest BCUT2D eigenvalue weighted by Gasteiger charge is -2.23. The van der Waals surface area contributed by atoms with Gasteiger partial charge in [0.15, 0.2) is 5.82 Å². The predicted octanol–water partition coefficient (Wildman–Crippen LogP) is 1.77. The van der Waals surface area contributed by atoms with E-state index in [1.165, 1.54) is 6.42 Å². The molecule has 2 rings (SSSR count). The Morgan fingerprint density at radius 3 is 2.64 bits per heavy atom. The standard InChI is InChI=1S/C10H15N3O/c1-6-7(2)12-13-9(6)11-10(14)8-4-3-5-8/h8H,3-5H2,1-2H3,(H2,11,12,13,14). The van der Waals surface area contributed by atoms with Crippen LogP contribution in [0.1, 0.15) is 30.5 Å². The fourth-order valence-corrected chi connectivity index (χ4v) is 1.50. The Bertz CT molecular complexity index is 352. The molecule has 0 aliphatic heterocycles. The summed E-state index contributed by atoms with van der Waals surface area (Å²) >= 11 is 0. The molecular formula is C10H15N3O. The van der Waals surface area contributed by atoms with Gasteiger partial charge in [0.25, 0.3) is 0 Å². The van der Waals surface area contributed by atoms with Gasteiger partial charge in [-0.25, -0.2) is 0 Å². The van der Waals surface area contributed by atoms with Gasteiger partial charge in [0.1, 0.15) is 0 Å². The second kappa shape index (κ2) is 3.44. The lowest BCUT2D eigenvalue weighted by Crippen LogP contribution is -2.28. The summed E-state index contributed by atoms with van der Waals surface area (Å²) < 4.78 is 0. The molecule has 0 radical (unpaired) electrons. The first-order valence-corrected chi connectivity index (χ1v) is 5.01. The highest BCUT2D eigenvalue weighted by Gasteiger charge is 2.26. The topological polar surface area (TPSA) is 57.8 Å². The minimum atomic E-state index is 0.117. The Morgan fingerprint density at radius 2 is 2.21 bits per heavy atom. The number of nitrogens with one attached hydrogen (secondary N) is 2. The SMILES string of the molecule is Cc1[nH]nc(NC(=O)C2CCC2)c1C. The van der Waals surface area contributed by atoms with Crippen molar-refractivity contribution in [3.8, 4) is 0 Å². The zero-order valence-corrected chi connectivity index (χ0v) is 8.55. The van der Waals surface area contributed by atoms with E-state index in [0.717, 1.165) is 24.1 Å². The maximum absolute atomic E-state index is 11.6. The summed E-state index contributed by atoms with van der Waals surface area (Å²) in [4.78, 5) is 11.6. The number of hydrogen-bond donors (Lipinski definition) is 2. The van der Waals surface area contributed by atoms with Crippen LogP contribution in [0.25, 0.3) is 0 Å². The van der Waals surface area contributed by atoms with E-state index in [0.29, 0.717) is 5.82 Å². The van der Waals surface area contributed by atoms with Crippen molar-refractivity contribution in [1.29, 1.82) is 0 Å². The summed E-state index contributed by atoms with van der Waals surface area (Å²) in [5.41, 5.74) is 2.03. The number of H-pyrrole nitrogens is 1. The molecule has 0 unspecified atom stereocenters. The number of rotatable bonds is 2. The van der Waals surface area contributed by atoms with Crippen molar-refractivity contribution in [1.82, 2.24) is 10.2 Å². The van der Waals surface area contributed by atoms with Gasteiger partial charge >= 0.3 is 0 Å². The summed E-state index contributed by atoms with van der Waals surface area (Å²) in [6.45, 7) is 3.90. The second-order valence-corrected chi connectivity index (χ2v) is 3.94. The fourth-order valence-electron chi connectivity index (χ4n) is 1.50. The van der Waals surface area contributed by atoms with Gasteiger partial charge in [-0.15, -0.1) is 0 Å². The summed E-state index contributed by atoms with van der Waals surface area (Å²) in [5, 5.41) is 9.74. The molecule has 2 N–H and O–H groups in total. The average molecular weight is 193 g/mol. The third-order valence-electron chi connectivity index (χ3n) is 2.97. The Balaban J connectivity index is 2.03. The quantitative estimate of drug-likeness (QED) is 0.752. The smallest absolute Gasteiger partial charge is 0.228 e. The van der Waals surface area contributed by atoms with Gasteiger partial charge in [-0.2, -0.15) is 5.10 Å². The van der Waals surface area contributed by atoms with Crippen molar-refractivity contribution in [2.45, 2.75) is 33.1 Å². The zero-order valence-electron chi connectivity index (χ0n) is 8.55. The fraction of sp³-hybridized carbons (Fsp3) is 0.600. The Kier molecular flexibility index (Phi) is 2.27. The number of nitrogens with zero attached hydrogens (tertiary/aromatic N) is 1. The molecule has 1 amide bonds. The first-order valence-electron chi connectivity index (χ1n) is 5.01. The van der Waals surface area contributed by atoms with Crippen molar-refractivity contribution in [3.63, 3.8) is 0 Å². The molecule has 1 aliphatic rings. The second-order valence-electron chi connectivity index (χ2n) is 3.94. The molecule has 0 saturated heterocycles. The Morgan fingerprint density at radius 1 is 1.50 bits per heavy atom. The Hall–Kier alpha value is -1.32. The lowest BCUT2D eigenvalue weighted by molar-refractivity contribution is -0.122. The summed E-state index contributed by atoms with van der Waals surface area (Å²) in [7, 11) is 0. The molecule has 4 nitrogen and oxygen atoms in total. The highest BCUT2D eigenvalue weighted by Crippen LogP contribution is 2.27. The van der Waals surface area contributed by atoms with Crippen LogP contribution < -0.4 is 5.32 Å². The van der Waals surface area contributed by atoms with Crippen LogP contribution in [0.2, 0.25) is 0 Å². The van der Waals surface area contributed by atoms with Crippen LogP contribution in [0.15, 0.2) is 0 Å². The van der Waals surface area contributed by atoms with Gasteiger partial charge in [-0.05, 0) is 26.7 Å². The third-order valence-corrected chi connectivity index (χ3v) is 2.97. The normalized spacial score (nSPS) is 16.4. The van der Waals surface area contributed by atoms with Crippen LogP contribution in [0, 0.1) is 19.8 Å². The molecule has 0 aromatic carbocycles. The molecule has 1 aromatic heterocycles. The molecule has 76 valence electrons. The van der Waals surface area contributed by atoms with Crippen molar-refractivity contribution >= 4 is 11.7 Å². The molecule has 0 atom stereocenters. The molecular weight excluding hydrogens is 178 g/mol. The van der Waals surface area contributed by atoms with Crippen molar-refractivity contribution in [2.75, 3.05) is 5.32 Å². The minimum absolute atomic E-state index is 0.117. The van der Waals surface area contributed by atoms with Crippen LogP contribution in [-0.2, 0) is 4.79 Å². The number of carbonyl (C=O) groups excluding carboxylic acids is 1. The van der Waals surface area contributed by atoms with Crippen molar-refractivity contribution in [3.05, 3.63) is 11.3 Å². The largest absolute Gasteiger partial charge is 0.309 e. The molecule has 0 spiro atoms. The molecule has 14 heavy (non-hydrogen) atoms. The maximum atomic E-state index is 11.6. The monoisotopic (exact) mass is 193 g/mol. The minimum Gasteiger partial charge on any atom is -0.309 e. The Labute approximate surface area is 83.1 Å². The van der Waals surface area contributed by atoms with Crippen LogP contribution in [0.5, 0.6) is 0 Å². The third kappa shape index (κ3) is 1.52. The van der Waals surface area contributed by atoms with Crippen molar-refractivity contribution in [2.24, 2.45) is 5.92 Å². The van der Waals surface area contributed by atoms with Crippen LogP contribution >= 0.6 is 0 Å². The number of aromatic amines is 1. The van der Waals surface area contributed by atoms with Crippen LogP contribution in [-0.4, -0.2) is 16.1 Å². The predicted molar refractivity (Wildman–Crippen MR) is 54.0 cm³/mol. The highest BCUT2D eigenvalue weighted by molar-refractivity contribution is 5.92. The van der Waals surface area contributed by atoms with Gasteiger partial charge < -0.3 is 5.32 Å². The first-order chi connectivity index (χ1) is 6.68. The van der Waals surface area contributed by atoms with Crippen LogP contribution in [0.3, 0.4) is 0 Å². The number of hydrogen-bond acceptors (Lipinski definition) is 2. The molecule has 4 heteroatoms. The number of carbonyl (C=O) groups is 1. The van der Waals surface area contributed by atoms with E-state index in [1.54, 1.807) is 0 Å². The number of amides is 1. The maximum Gasteiger partial charge on any atom is 0.228 e. The molecule has 1 aliphatic carbocycles. The van der Waals surface area contributed by atoms with E-state index in [4.69, 9.17) is 0 Å². The van der Waals surface area contributed by atoms with E-state index < -0.39 is 0 Å². The summed E-state index contributed by atoms with van der Waals surface area (Å²) in [6.07, 6.45) is 3.22. The molecule has 0 bridgehead atoms. The van der Waals surface area contributed by atoms with E-state index in [-0.39, 0.29) is 11.8 Å². The van der Waals surface area contributed by atoms with Gasteiger partial charge in [-0.1, -0.05) is 6.42 Å². The number of aromatic nitrogens is 2. The van der Waals surface area contributed by atoms with Gasteiger partial charge in [-0.3, -0.25) is 9.89 Å². The van der Waals surface area contributed by atoms with E-state index >= 15 is 0 Å². The highest BCUT2D eigenvalue weighted by atomic mass is 16.2.